The summed E-state index contributed by atoms with van der Waals surface area (Å²) in [6.45, 7) is 1.80. The van der Waals surface area contributed by atoms with Gasteiger partial charge in [-0.1, -0.05) is 6.92 Å². The SMILES string of the molecule is CCc1cc2c3c([nH]c2cc1S(=O)(=O)Nc1cc(F)ccc1F)CCCC3=O. The number of carbonyl (C=O) groups is 1. The van der Waals surface area contributed by atoms with Gasteiger partial charge in [0.25, 0.3) is 10.0 Å². The van der Waals surface area contributed by atoms with E-state index in [1.165, 1.54) is 6.07 Å². The number of aromatic nitrogens is 1. The number of Topliss-reactive ketones (excluding diaryl/α,β-unsaturated/α-hetero) is 1. The van der Waals surface area contributed by atoms with Crippen molar-refractivity contribution in [3.8, 4) is 0 Å². The maximum absolute atomic E-state index is 13.9. The van der Waals surface area contributed by atoms with Crippen LogP contribution in [-0.2, 0) is 22.9 Å². The second-order valence-electron chi connectivity index (χ2n) is 6.84. The molecule has 1 aromatic heterocycles. The lowest BCUT2D eigenvalue weighted by Crippen LogP contribution is -2.16. The van der Waals surface area contributed by atoms with E-state index in [2.05, 4.69) is 9.71 Å². The molecule has 1 heterocycles. The highest BCUT2D eigenvalue weighted by atomic mass is 32.2. The molecule has 4 rings (SSSR count). The van der Waals surface area contributed by atoms with E-state index in [9.17, 15) is 22.0 Å². The Balaban J connectivity index is 1.85. The molecule has 0 atom stereocenters. The summed E-state index contributed by atoms with van der Waals surface area (Å²) in [4.78, 5) is 15.4. The van der Waals surface area contributed by atoms with E-state index < -0.39 is 27.3 Å². The minimum Gasteiger partial charge on any atom is -0.358 e. The fourth-order valence-corrected chi connectivity index (χ4v) is 5.06. The Labute approximate surface area is 160 Å². The Bertz CT molecular complexity index is 1220. The zero-order valence-electron chi connectivity index (χ0n) is 15.1. The molecule has 0 saturated carbocycles. The molecule has 3 aromatic rings. The Morgan fingerprint density at radius 2 is 1.93 bits per heavy atom. The Kier molecular flexibility index (Phi) is 4.45. The number of ketones is 1. The van der Waals surface area contributed by atoms with Crippen molar-refractivity contribution in [1.29, 1.82) is 0 Å². The molecule has 5 nitrogen and oxygen atoms in total. The van der Waals surface area contributed by atoms with Crippen molar-refractivity contribution in [2.75, 3.05) is 4.72 Å². The number of halogens is 2. The molecular weight excluding hydrogens is 386 g/mol. The number of rotatable bonds is 4. The molecule has 0 spiro atoms. The van der Waals surface area contributed by atoms with Gasteiger partial charge in [-0.3, -0.25) is 9.52 Å². The van der Waals surface area contributed by atoms with E-state index in [1.807, 2.05) is 0 Å². The third kappa shape index (κ3) is 3.07. The van der Waals surface area contributed by atoms with Gasteiger partial charge in [-0.2, -0.15) is 0 Å². The number of nitrogens with one attached hydrogen (secondary N) is 2. The number of anilines is 1. The van der Waals surface area contributed by atoms with E-state index in [0.29, 0.717) is 34.9 Å². The number of aromatic amines is 1. The number of benzene rings is 2. The minimum absolute atomic E-state index is 0.0304. The lowest BCUT2D eigenvalue weighted by atomic mass is 9.94. The number of hydrogen-bond donors (Lipinski definition) is 2. The highest BCUT2D eigenvalue weighted by Gasteiger charge is 2.26. The first-order valence-corrected chi connectivity index (χ1v) is 10.5. The fraction of sp³-hybridized carbons (Fsp3) is 0.250. The summed E-state index contributed by atoms with van der Waals surface area (Å²) in [5.41, 5.74) is 2.02. The Morgan fingerprint density at radius 1 is 1.14 bits per heavy atom. The van der Waals surface area contributed by atoms with Crippen molar-refractivity contribution in [2.45, 2.75) is 37.5 Å². The first kappa shape index (κ1) is 18.6. The second kappa shape index (κ2) is 6.70. The topological polar surface area (TPSA) is 79.0 Å². The smallest absolute Gasteiger partial charge is 0.262 e. The summed E-state index contributed by atoms with van der Waals surface area (Å²) in [6, 6.07) is 5.73. The van der Waals surface area contributed by atoms with Crippen LogP contribution in [0.2, 0.25) is 0 Å². The minimum atomic E-state index is -4.16. The van der Waals surface area contributed by atoms with Crippen LogP contribution in [-0.4, -0.2) is 19.2 Å². The van der Waals surface area contributed by atoms with Crippen LogP contribution in [0.15, 0.2) is 35.2 Å². The third-order valence-electron chi connectivity index (χ3n) is 5.01. The Hall–Kier alpha value is -2.74. The van der Waals surface area contributed by atoms with E-state index in [0.717, 1.165) is 36.7 Å². The molecular formula is C20H18F2N2O3S. The van der Waals surface area contributed by atoms with Crippen molar-refractivity contribution in [1.82, 2.24) is 4.98 Å². The number of aryl methyl sites for hydroxylation is 2. The van der Waals surface area contributed by atoms with Crippen LogP contribution < -0.4 is 4.72 Å². The second-order valence-corrected chi connectivity index (χ2v) is 8.49. The third-order valence-corrected chi connectivity index (χ3v) is 6.46. The standard InChI is InChI=1S/C20H18F2N2O3S/c1-2-11-8-13-16(23-15-4-3-5-18(25)20(13)15)10-19(11)28(26,27)24-17-9-12(21)6-7-14(17)22/h6-10,23-24H,2-5H2,1H3. The summed E-state index contributed by atoms with van der Waals surface area (Å²) in [5.74, 6) is -1.57. The average molecular weight is 404 g/mol. The van der Waals surface area contributed by atoms with Gasteiger partial charge in [0.05, 0.1) is 10.6 Å². The summed E-state index contributed by atoms with van der Waals surface area (Å²) >= 11 is 0. The van der Waals surface area contributed by atoms with E-state index in [1.54, 1.807) is 13.0 Å². The van der Waals surface area contributed by atoms with Gasteiger partial charge in [0.15, 0.2) is 5.78 Å². The molecule has 0 bridgehead atoms. The largest absolute Gasteiger partial charge is 0.358 e. The molecule has 0 fully saturated rings. The number of sulfonamides is 1. The maximum Gasteiger partial charge on any atom is 0.262 e. The molecule has 0 saturated heterocycles. The van der Waals surface area contributed by atoms with Gasteiger partial charge in [-0.25, -0.2) is 17.2 Å². The zero-order valence-corrected chi connectivity index (χ0v) is 15.9. The number of H-pyrrole nitrogens is 1. The summed E-state index contributed by atoms with van der Waals surface area (Å²) in [6.07, 6.45) is 2.35. The maximum atomic E-state index is 13.9. The highest BCUT2D eigenvalue weighted by molar-refractivity contribution is 7.92. The van der Waals surface area contributed by atoms with Gasteiger partial charge >= 0.3 is 0 Å². The van der Waals surface area contributed by atoms with Crippen LogP contribution in [0, 0.1) is 11.6 Å². The van der Waals surface area contributed by atoms with Gasteiger partial charge in [0, 0.05) is 34.6 Å². The van der Waals surface area contributed by atoms with Gasteiger partial charge in [-0.05, 0) is 49.1 Å². The quantitative estimate of drug-likeness (QED) is 0.679. The molecule has 2 aromatic carbocycles. The normalized spacial score (nSPS) is 14.3. The van der Waals surface area contributed by atoms with Gasteiger partial charge in [0.1, 0.15) is 11.6 Å². The number of hydrogen-bond acceptors (Lipinski definition) is 3. The van der Waals surface area contributed by atoms with Gasteiger partial charge < -0.3 is 4.98 Å². The number of carbonyl (C=O) groups excluding carboxylic acids is 1. The molecule has 146 valence electrons. The van der Waals surface area contributed by atoms with Crippen LogP contribution in [0.25, 0.3) is 10.9 Å². The van der Waals surface area contributed by atoms with Crippen molar-refractivity contribution in [3.63, 3.8) is 0 Å². The van der Waals surface area contributed by atoms with E-state index >= 15 is 0 Å². The number of fused-ring (bicyclic) bond motifs is 3. The van der Waals surface area contributed by atoms with E-state index in [-0.39, 0.29) is 10.7 Å². The average Bonchev–Trinajstić information content (AvgIpc) is 3.02. The van der Waals surface area contributed by atoms with Crippen molar-refractivity contribution in [3.05, 3.63) is 58.8 Å². The van der Waals surface area contributed by atoms with Crippen molar-refractivity contribution < 1.29 is 22.0 Å². The van der Waals surface area contributed by atoms with Crippen LogP contribution in [0.4, 0.5) is 14.5 Å². The first-order chi connectivity index (χ1) is 13.3. The predicted octanol–water partition coefficient (Wildman–Crippen LogP) is 4.33. The monoisotopic (exact) mass is 404 g/mol. The lowest BCUT2D eigenvalue weighted by Gasteiger charge is -2.13. The summed E-state index contributed by atoms with van der Waals surface area (Å²) < 4.78 is 55.3. The van der Waals surface area contributed by atoms with Crippen molar-refractivity contribution in [2.24, 2.45) is 0 Å². The Morgan fingerprint density at radius 3 is 2.68 bits per heavy atom. The fourth-order valence-electron chi connectivity index (χ4n) is 3.68. The predicted molar refractivity (Wildman–Crippen MR) is 102 cm³/mol. The lowest BCUT2D eigenvalue weighted by molar-refractivity contribution is 0.0974. The van der Waals surface area contributed by atoms with Crippen LogP contribution in [0.5, 0.6) is 0 Å². The van der Waals surface area contributed by atoms with Crippen LogP contribution in [0.1, 0.15) is 41.4 Å². The van der Waals surface area contributed by atoms with E-state index in [4.69, 9.17) is 0 Å². The molecule has 0 aliphatic heterocycles. The molecule has 1 aliphatic carbocycles. The molecule has 2 N–H and O–H groups in total. The molecule has 0 unspecified atom stereocenters. The summed E-state index contributed by atoms with van der Waals surface area (Å²) in [5, 5.41) is 0.701. The molecule has 0 radical (unpaired) electrons. The molecule has 8 heteroatoms. The highest BCUT2D eigenvalue weighted by Crippen LogP contribution is 2.33. The van der Waals surface area contributed by atoms with Crippen LogP contribution >= 0.6 is 0 Å². The first-order valence-electron chi connectivity index (χ1n) is 8.98. The van der Waals surface area contributed by atoms with Gasteiger partial charge in [0.2, 0.25) is 0 Å². The molecule has 0 amide bonds. The molecule has 1 aliphatic rings. The van der Waals surface area contributed by atoms with Gasteiger partial charge in [-0.15, -0.1) is 0 Å². The molecule has 28 heavy (non-hydrogen) atoms. The van der Waals surface area contributed by atoms with Crippen LogP contribution in [0.3, 0.4) is 0 Å². The summed E-state index contributed by atoms with van der Waals surface area (Å²) in [7, 11) is -4.16. The van der Waals surface area contributed by atoms with Crippen molar-refractivity contribution >= 4 is 32.4 Å². The zero-order chi connectivity index (χ0) is 20.1.